The molecule has 4 rings (SSSR count). The lowest BCUT2D eigenvalue weighted by molar-refractivity contribution is -0.136. The van der Waals surface area contributed by atoms with Gasteiger partial charge >= 0.3 is 5.97 Å². The summed E-state index contributed by atoms with van der Waals surface area (Å²) >= 11 is 25.1. The molecule has 0 saturated carbocycles. The number of aliphatic carboxylic acids is 1. The number of carboxylic acids is 1. The van der Waals surface area contributed by atoms with Gasteiger partial charge in [-0.2, -0.15) is 5.06 Å². The van der Waals surface area contributed by atoms with Gasteiger partial charge < -0.3 is 14.5 Å². The van der Waals surface area contributed by atoms with Gasteiger partial charge in [0.25, 0.3) is 5.91 Å². The third-order valence-electron chi connectivity index (χ3n) is 5.28. The summed E-state index contributed by atoms with van der Waals surface area (Å²) in [6.45, 7) is 1.85. The Hall–Kier alpha value is -3.23. The minimum Gasteiger partial charge on any atom is -0.481 e. The Bertz CT molecular complexity index is 1490. The molecule has 1 aromatic heterocycles. The molecular weight excluding hydrogens is 562 g/mol. The maximum atomic E-state index is 13.9. The first kappa shape index (κ1) is 26.8. The molecule has 0 aliphatic carbocycles. The van der Waals surface area contributed by atoms with E-state index in [2.05, 4.69) is 5.16 Å². The van der Waals surface area contributed by atoms with E-state index in [0.29, 0.717) is 26.7 Å². The van der Waals surface area contributed by atoms with E-state index in [1.54, 1.807) is 55.5 Å². The number of nitrogens with zero attached hydrogens (tertiary/aromatic N) is 2. The molecule has 1 heterocycles. The van der Waals surface area contributed by atoms with Crippen LogP contribution in [0, 0.1) is 0 Å². The molecular formula is C26H18Cl4N2O5. The molecule has 3 aromatic carbocycles. The second kappa shape index (κ2) is 11.4. The molecule has 11 heteroatoms. The second-order valence-corrected chi connectivity index (χ2v) is 9.42. The molecule has 1 amide bonds. The summed E-state index contributed by atoms with van der Waals surface area (Å²) in [5.41, 5.74) is 1.47. The molecule has 190 valence electrons. The predicted molar refractivity (Wildman–Crippen MR) is 143 cm³/mol. The Morgan fingerprint density at radius 1 is 0.946 bits per heavy atom. The van der Waals surface area contributed by atoms with Crippen molar-refractivity contribution >= 4 is 58.3 Å². The highest BCUT2D eigenvalue weighted by Gasteiger charge is 2.31. The quantitative estimate of drug-likeness (QED) is 0.215. The van der Waals surface area contributed by atoms with Crippen LogP contribution >= 0.6 is 46.4 Å². The first-order chi connectivity index (χ1) is 17.7. The maximum absolute atomic E-state index is 13.9. The van der Waals surface area contributed by atoms with Crippen molar-refractivity contribution < 1.29 is 24.1 Å². The van der Waals surface area contributed by atoms with Crippen LogP contribution in [0.15, 0.2) is 65.2 Å². The van der Waals surface area contributed by atoms with Gasteiger partial charge in [0.2, 0.25) is 0 Å². The van der Waals surface area contributed by atoms with Crippen LogP contribution in [-0.2, 0) is 11.2 Å². The summed E-state index contributed by atoms with van der Waals surface area (Å²) in [7, 11) is 0. The lowest BCUT2D eigenvalue weighted by Gasteiger charge is -2.22. The number of carbonyl (C=O) groups is 2. The molecule has 7 nitrogen and oxygen atoms in total. The third kappa shape index (κ3) is 5.86. The number of carboxylic acid groups (broad SMARTS) is 1. The summed E-state index contributed by atoms with van der Waals surface area (Å²) < 4.78 is 5.64. The summed E-state index contributed by atoms with van der Waals surface area (Å²) in [5, 5.41) is 15.5. The van der Waals surface area contributed by atoms with Crippen molar-refractivity contribution in [3.05, 3.63) is 91.9 Å². The molecule has 0 aliphatic heterocycles. The van der Waals surface area contributed by atoms with Crippen molar-refractivity contribution in [1.82, 2.24) is 10.2 Å². The number of hydroxylamine groups is 2. The number of aromatic nitrogens is 1. The Morgan fingerprint density at radius 3 is 2.35 bits per heavy atom. The van der Waals surface area contributed by atoms with Crippen LogP contribution in [-0.4, -0.2) is 33.7 Å². The van der Waals surface area contributed by atoms with Crippen LogP contribution < -0.4 is 4.84 Å². The molecule has 0 aliphatic rings. The molecule has 37 heavy (non-hydrogen) atoms. The third-order valence-corrected chi connectivity index (χ3v) is 6.46. The van der Waals surface area contributed by atoms with Crippen LogP contribution in [0.5, 0.6) is 5.75 Å². The zero-order valence-corrected chi connectivity index (χ0v) is 22.2. The number of benzene rings is 3. The fourth-order valence-corrected chi connectivity index (χ4v) is 4.54. The molecule has 4 aromatic rings. The van der Waals surface area contributed by atoms with E-state index in [-0.39, 0.29) is 45.8 Å². The van der Waals surface area contributed by atoms with Gasteiger partial charge in [-0.3, -0.25) is 9.59 Å². The Balaban J connectivity index is 1.84. The van der Waals surface area contributed by atoms with Crippen molar-refractivity contribution in [2.75, 3.05) is 6.54 Å². The Morgan fingerprint density at radius 2 is 1.70 bits per heavy atom. The van der Waals surface area contributed by atoms with Crippen LogP contribution in [0.4, 0.5) is 0 Å². The topological polar surface area (TPSA) is 92.9 Å². The SMILES string of the molecule is CCN(Oc1ccc(Cl)cc1Cl)C(=O)c1c(-c2ccc(CC(=O)O)cc2Cl)noc1-c1ccccc1Cl. The standard InChI is InChI=1S/C26H18Cl4N2O5/c1-2-32(37-21-10-8-15(27)13-20(21)30)26(35)23-24(16-9-7-14(11-19(16)29)12-22(33)34)31-36-25(23)17-5-3-4-6-18(17)28/h3-11,13H,2,12H2,1H3,(H,33,34). The first-order valence-corrected chi connectivity index (χ1v) is 12.4. The van der Waals surface area contributed by atoms with Gasteiger partial charge in [-0.05, 0) is 48.9 Å². The smallest absolute Gasteiger partial charge is 0.307 e. The second-order valence-electron chi connectivity index (χ2n) is 7.77. The monoisotopic (exact) mass is 578 g/mol. The van der Waals surface area contributed by atoms with Gasteiger partial charge in [0.15, 0.2) is 11.5 Å². The number of amides is 1. The minimum absolute atomic E-state index is 0.0490. The van der Waals surface area contributed by atoms with Crippen molar-refractivity contribution in [2.24, 2.45) is 0 Å². The van der Waals surface area contributed by atoms with Crippen LogP contribution in [0.2, 0.25) is 20.1 Å². The molecule has 0 saturated heterocycles. The zero-order valence-electron chi connectivity index (χ0n) is 19.2. The van der Waals surface area contributed by atoms with Crippen LogP contribution in [0.3, 0.4) is 0 Å². The first-order valence-electron chi connectivity index (χ1n) is 10.9. The predicted octanol–water partition coefficient (Wildman–Crippen LogP) is 7.71. The molecule has 0 unspecified atom stereocenters. The highest BCUT2D eigenvalue weighted by atomic mass is 35.5. The lowest BCUT2D eigenvalue weighted by atomic mass is 10.00. The van der Waals surface area contributed by atoms with Crippen molar-refractivity contribution in [3.8, 4) is 28.3 Å². The number of hydrogen-bond acceptors (Lipinski definition) is 5. The van der Waals surface area contributed by atoms with E-state index >= 15 is 0 Å². The van der Waals surface area contributed by atoms with Crippen LogP contribution in [0.25, 0.3) is 22.6 Å². The van der Waals surface area contributed by atoms with Gasteiger partial charge in [0, 0.05) is 16.1 Å². The van der Waals surface area contributed by atoms with E-state index in [4.69, 9.17) is 60.9 Å². The van der Waals surface area contributed by atoms with Gasteiger partial charge in [0.05, 0.1) is 28.0 Å². The van der Waals surface area contributed by atoms with Gasteiger partial charge in [-0.1, -0.05) is 75.8 Å². The van der Waals surface area contributed by atoms with E-state index in [0.717, 1.165) is 5.06 Å². The number of carbonyl (C=O) groups excluding carboxylic acids is 1. The Labute approximate surface area is 232 Å². The lowest BCUT2D eigenvalue weighted by Crippen LogP contribution is -2.34. The molecule has 0 atom stereocenters. The molecule has 0 fully saturated rings. The van der Waals surface area contributed by atoms with Gasteiger partial charge in [0.1, 0.15) is 11.3 Å². The van der Waals surface area contributed by atoms with Crippen molar-refractivity contribution in [3.63, 3.8) is 0 Å². The van der Waals surface area contributed by atoms with Crippen LogP contribution in [0.1, 0.15) is 22.8 Å². The fourth-order valence-electron chi connectivity index (χ4n) is 3.58. The van der Waals surface area contributed by atoms with Crippen molar-refractivity contribution in [2.45, 2.75) is 13.3 Å². The zero-order chi connectivity index (χ0) is 26.7. The molecule has 1 N–H and O–H groups in total. The van der Waals surface area contributed by atoms with E-state index < -0.39 is 11.9 Å². The highest BCUT2D eigenvalue weighted by Crippen LogP contribution is 2.39. The largest absolute Gasteiger partial charge is 0.481 e. The highest BCUT2D eigenvalue weighted by molar-refractivity contribution is 6.35. The molecule has 0 radical (unpaired) electrons. The van der Waals surface area contributed by atoms with Gasteiger partial charge in [-0.25, -0.2) is 0 Å². The normalized spacial score (nSPS) is 10.8. The summed E-state index contributed by atoms with van der Waals surface area (Å²) in [6, 6.07) is 16.1. The summed E-state index contributed by atoms with van der Waals surface area (Å²) in [5.74, 6) is -1.26. The molecule has 0 spiro atoms. The van der Waals surface area contributed by atoms with E-state index in [1.165, 1.54) is 12.1 Å². The minimum atomic E-state index is -1.00. The molecule has 0 bridgehead atoms. The van der Waals surface area contributed by atoms with E-state index in [9.17, 15) is 9.59 Å². The van der Waals surface area contributed by atoms with Crippen molar-refractivity contribution in [1.29, 1.82) is 0 Å². The average Bonchev–Trinajstić information content (AvgIpc) is 3.27. The average molecular weight is 580 g/mol. The fraction of sp³-hybridized carbons (Fsp3) is 0.115. The summed E-state index contributed by atoms with van der Waals surface area (Å²) in [6.07, 6.45) is -0.214. The summed E-state index contributed by atoms with van der Waals surface area (Å²) in [4.78, 5) is 30.9. The van der Waals surface area contributed by atoms with E-state index in [1.807, 2.05) is 0 Å². The number of rotatable bonds is 8. The number of halogens is 4. The van der Waals surface area contributed by atoms with Gasteiger partial charge in [-0.15, -0.1) is 0 Å². The maximum Gasteiger partial charge on any atom is 0.307 e. The number of hydrogen-bond donors (Lipinski definition) is 1. The Kier molecular flexibility index (Phi) is 8.29.